The van der Waals surface area contributed by atoms with Gasteiger partial charge >= 0.3 is 0 Å². The number of aromatic nitrogens is 1. The molecule has 0 saturated carbocycles. The summed E-state index contributed by atoms with van der Waals surface area (Å²) in [6, 6.07) is 11.0. The summed E-state index contributed by atoms with van der Waals surface area (Å²) in [4.78, 5) is 27.2. The number of amides is 1. The smallest absolute Gasteiger partial charge is 0.261 e. The fourth-order valence-corrected chi connectivity index (χ4v) is 2.96. The maximum absolute atomic E-state index is 12.3. The fourth-order valence-electron chi connectivity index (χ4n) is 2.96. The van der Waals surface area contributed by atoms with Gasteiger partial charge in [0.2, 0.25) is 0 Å². The number of carbonyl (C=O) groups excluding carboxylic acids is 1. The van der Waals surface area contributed by atoms with E-state index in [-0.39, 0.29) is 23.1 Å². The average Bonchev–Trinajstić information content (AvgIpc) is 2.59. The summed E-state index contributed by atoms with van der Waals surface area (Å²) in [6.07, 6.45) is 3.97. The summed E-state index contributed by atoms with van der Waals surface area (Å²) in [5, 5.41) is 2.76. The molecule has 4 N–H and O–H groups in total. The molecule has 1 aromatic carbocycles. The van der Waals surface area contributed by atoms with Crippen LogP contribution in [0.2, 0.25) is 0 Å². The lowest BCUT2D eigenvalue weighted by Gasteiger charge is -2.16. The Bertz CT molecular complexity index is 753. The summed E-state index contributed by atoms with van der Waals surface area (Å²) < 4.78 is 0. The van der Waals surface area contributed by atoms with Crippen molar-refractivity contribution in [3.8, 4) is 0 Å². The molecule has 0 saturated heterocycles. The van der Waals surface area contributed by atoms with Gasteiger partial charge in [0, 0.05) is 18.3 Å². The number of nitrogens with two attached hydrogens (primary N) is 1. The van der Waals surface area contributed by atoms with Crippen molar-refractivity contribution in [2.24, 2.45) is 5.73 Å². The van der Waals surface area contributed by atoms with Crippen LogP contribution in [0.4, 0.5) is 0 Å². The van der Waals surface area contributed by atoms with Crippen LogP contribution in [-0.4, -0.2) is 17.4 Å². The molecule has 3 rings (SSSR count). The predicted octanol–water partition coefficient (Wildman–Crippen LogP) is 1.68. The molecule has 120 valence electrons. The van der Waals surface area contributed by atoms with Crippen LogP contribution in [0.5, 0.6) is 0 Å². The van der Waals surface area contributed by atoms with Crippen molar-refractivity contribution in [2.75, 3.05) is 6.54 Å². The molecular weight excluding hydrogens is 290 g/mol. The summed E-state index contributed by atoms with van der Waals surface area (Å²) in [5.74, 6) is -0.369. The minimum atomic E-state index is -0.369. The van der Waals surface area contributed by atoms with E-state index >= 15 is 0 Å². The number of hydrogen-bond donors (Lipinski definition) is 3. The Morgan fingerprint density at radius 1 is 1.22 bits per heavy atom. The van der Waals surface area contributed by atoms with Crippen LogP contribution in [0.15, 0.2) is 41.2 Å². The Kier molecular flexibility index (Phi) is 4.57. The van der Waals surface area contributed by atoms with E-state index in [1.807, 2.05) is 30.3 Å². The van der Waals surface area contributed by atoms with Gasteiger partial charge in [-0.1, -0.05) is 30.3 Å². The molecule has 1 heterocycles. The Labute approximate surface area is 134 Å². The number of aromatic amines is 1. The first kappa shape index (κ1) is 15.5. The fraction of sp³-hybridized carbons (Fsp3) is 0.333. The van der Waals surface area contributed by atoms with Gasteiger partial charge in [-0.25, -0.2) is 0 Å². The predicted molar refractivity (Wildman–Crippen MR) is 89.4 cm³/mol. The number of benzene rings is 1. The summed E-state index contributed by atoms with van der Waals surface area (Å²) in [5.41, 5.74) is 8.92. The van der Waals surface area contributed by atoms with Crippen LogP contribution in [0.1, 0.15) is 46.1 Å². The molecule has 0 fully saturated rings. The Balaban J connectivity index is 1.70. The third-order valence-electron chi connectivity index (χ3n) is 4.29. The van der Waals surface area contributed by atoms with Crippen LogP contribution in [0.25, 0.3) is 0 Å². The van der Waals surface area contributed by atoms with Crippen LogP contribution in [-0.2, 0) is 12.8 Å². The number of carbonyl (C=O) groups is 1. The van der Waals surface area contributed by atoms with E-state index in [0.717, 1.165) is 42.5 Å². The number of hydrogen-bond acceptors (Lipinski definition) is 3. The van der Waals surface area contributed by atoms with E-state index in [9.17, 15) is 9.59 Å². The van der Waals surface area contributed by atoms with Gasteiger partial charge < -0.3 is 16.0 Å². The largest absolute Gasteiger partial charge is 0.350 e. The highest BCUT2D eigenvalue weighted by molar-refractivity contribution is 5.94. The van der Waals surface area contributed by atoms with Crippen LogP contribution in [0, 0.1) is 0 Å². The molecule has 1 aliphatic rings. The van der Waals surface area contributed by atoms with E-state index in [2.05, 4.69) is 10.3 Å². The van der Waals surface area contributed by atoms with Crippen LogP contribution < -0.4 is 16.6 Å². The molecule has 1 atom stereocenters. The SMILES string of the molecule is NC(CNC(=O)c1cc2c([nH]c1=O)CCCC2)c1ccccc1. The summed E-state index contributed by atoms with van der Waals surface area (Å²) in [7, 11) is 0. The van der Waals surface area contributed by atoms with Crippen molar-refractivity contribution in [3.63, 3.8) is 0 Å². The van der Waals surface area contributed by atoms with Crippen molar-refractivity contribution in [1.29, 1.82) is 0 Å². The van der Waals surface area contributed by atoms with Crippen molar-refractivity contribution >= 4 is 5.91 Å². The zero-order chi connectivity index (χ0) is 16.2. The normalized spacial score (nSPS) is 14.8. The van der Waals surface area contributed by atoms with Crippen LogP contribution in [0.3, 0.4) is 0 Å². The monoisotopic (exact) mass is 311 g/mol. The van der Waals surface area contributed by atoms with Gasteiger partial charge in [-0.05, 0) is 42.9 Å². The van der Waals surface area contributed by atoms with Crippen molar-refractivity contribution in [3.05, 3.63) is 69.1 Å². The van der Waals surface area contributed by atoms with E-state index < -0.39 is 0 Å². The lowest BCUT2D eigenvalue weighted by molar-refractivity contribution is 0.0949. The molecule has 0 radical (unpaired) electrons. The highest BCUT2D eigenvalue weighted by Crippen LogP contribution is 2.18. The van der Waals surface area contributed by atoms with Gasteiger partial charge in [-0.2, -0.15) is 0 Å². The number of nitrogens with one attached hydrogen (secondary N) is 2. The van der Waals surface area contributed by atoms with Gasteiger partial charge in [0.05, 0.1) is 0 Å². The molecule has 1 unspecified atom stereocenters. The number of rotatable bonds is 4. The standard InChI is InChI=1S/C18H21N3O2/c19-15(12-6-2-1-3-7-12)11-20-17(22)14-10-13-8-4-5-9-16(13)21-18(14)23/h1-3,6-7,10,15H,4-5,8-9,11,19H2,(H,20,22)(H,21,23). The van der Waals surface area contributed by atoms with E-state index in [1.54, 1.807) is 6.07 Å². The molecular formula is C18H21N3O2. The molecule has 2 aromatic rings. The number of H-pyrrole nitrogens is 1. The first-order valence-electron chi connectivity index (χ1n) is 7.99. The van der Waals surface area contributed by atoms with Gasteiger partial charge in [0.15, 0.2) is 0 Å². The molecule has 1 amide bonds. The quantitative estimate of drug-likeness (QED) is 0.803. The van der Waals surface area contributed by atoms with Crippen molar-refractivity contribution in [2.45, 2.75) is 31.7 Å². The highest BCUT2D eigenvalue weighted by atomic mass is 16.2. The van der Waals surface area contributed by atoms with E-state index in [0.29, 0.717) is 6.54 Å². The molecule has 0 aliphatic heterocycles. The minimum absolute atomic E-state index is 0.172. The maximum atomic E-state index is 12.3. The number of fused-ring (bicyclic) bond motifs is 1. The number of aryl methyl sites for hydroxylation is 2. The molecule has 1 aromatic heterocycles. The van der Waals surface area contributed by atoms with Crippen molar-refractivity contribution < 1.29 is 4.79 Å². The molecule has 0 spiro atoms. The molecule has 23 heavy (non-hydrogen) atoms. The highest BCUT2D eigenvalue weighted by Gasteiger charge is 2.17. The maximum Gasteiger partial charge on any atom is 0.261 e. The third kappa shape index (κ3) is 3.51. The zero-order valence-electron chi connectivity index (χ0n) is 13.0. The molecule has 1 aliphatic carbocycles. The zero-order valence-corrected chi connectivity index (χ0v) is 13.0. The second-order valence-corrected chi connectivity index (χ2v) is 5.95. The summed E-state index contributed by atoms with van der Waals surface area (Å²) >= 11 is 0. The summed E-state index contributed by atoms with van der Waals surface area (Å²) in [6.45, 7) is 0.291. The first-order valence-corrected chi connectivity index (χ1v) is 7.99. The van der Waals surface area contributed by atoms with E-state index in [4.69, 9.17) is 5.73 Å². The molecule has 5 nitrogen and oxygen atoms in total. The molecule has 5 heteroatoms. The van der Waals surface area contributed by atoms with Gasteiger partial charge in [-0.15, -0.1) is 0 Å². The van der Waals surface area contributed by atoms with Gasteiger partial charge in [0.25, 0.3) is 11.5 Å². The lowest BCUT2D eigenvalue weighted by atomic mass is 9.95. The van der Waals surface area contributed by atoms with Crippen molar-refractivity contribution in [1.82, 2.24) is 10.3 Å². The third-order valence-corrected chi connectivity index (χ3v) is 4.29. The van der Waals surface area contributed by atoms with Gasteiger partial charge in [-0.3, -0.25) is 9.59 Å². The lowest BCUT2D eigenvalue weighted by Crippen LogP contribution is -2.35. The van der Waals surface area contributed by atoms with Gasteiger partial charge in [0.1, 0.15) is 5.56 Å². The average molecular weight is 311 g/mol. The Morgan fingerprint density at radius 2 is 1.96 bits per heavy atom. The topological polar surface area (TPSA) is 88.0 Å². The number of pyridine rings is 1. The first-order chi connectivity index (χ1) is 11.1. The second kappa shape index (κ2) is 6.79. The second-order valence-electron chi connectivity index (χ2n) is 5.95. The minimum Gasteiger partial charge on any atom is -0.350 e. The molecule has 0 bridgehead atoms. The van der Waals surface area contributed by atoms with Crippen LogP contribution >= 0.6 is 0 Å². The van der Waals surface area contributed by atoms with E-state index in [1.165, 1.54) is 0 Å². The Morgan fingerprint density at radius 3 is 2.74 bits per heavy atom. The Hall–Kier alpha value is -2.40.